The molecule has 128 valence electrons. The molecule has 1 heterocycles. The Morgan fingerprint density at radius 2 is 1.83 bits per heavy atom. The number of nitrogens with one attached hydrogen (secondary N) is 1. The van der Waals surface area contributed by atoms with E-state index in [-0.39, 0.29) is 11.8 Å². The summed E-state index contributed by atoms with van der Waals surface area (Å²) in [5.41, 5.74) is 2.63. The van der Waals surface area contributed by atoms with Crippen LogP contribution in [0.15, 0.2) is 48.5 Å². The summed E-state index contributed by atoms with van der Waals surface area (Å²) in [5.74, 6) is 0.813. The van der Waals surface area contributed by atoms with E-state index in [1.54, 1.807) is 6.92 Å². The van der Waals surface area contributed by atoms with Crippen molar-refractivity contribution in [2.45, 2.75) is 38.8 Å². The highest BCUT2D eigenvalue weighted by atomic mass is 32.2. The molecule has 0 fully saturated rings. The molecule has 0 saturated carbocycles. The first-order valence-electron chi connectivity index (χ1n) is 8.18. The molecule has 0 spiro atoms. The van der Waals surface area contributed by atoms with Crippen LogP contribution in [0.5, 0.6) is 5.75 Å². The molecular weight excluding hydrogens is 322 g/mol. The van der Waals surface area contributed by atoms with E-state index in [2.05, 4.69) is 4.72 Å². The fourth-order valence-corrected chi connectivity index (χ4v) is 3.88. The van der Waals surface area contributed by atoms with Crippen molar-refractivity contribution < 1.29 is 13.2 Å². The Morgan fingerprint density at radius 1 is 1.12 bits per heavy atom. The molecule has 0 amide bonds. The molecule has 1 unspecified atom stereocenters. The number of hydrogen-bond donors (Lipinski definition) is 1. The van der Waals surface area contributed by atoms with Gasteiger partial charge >= 0.3 is 0 Å². The molecule has 24 heavy (non-hydrogen) atoms. The van der Waals surface area contributed by atoms with Gasteiger partial charge in [0.15, 0.2) is 0 Å². The molecule has 2 aromatic carbocycles. The van der Waals surface area contributed by atoms with Gasteiger partial charge in [0.1, 0.15) is 11.4 Å². The molecule has 2 aromatic rings. The van der Waals surface area contributed by atoms with Crippen molar-refractivity contribution in [3.05, 3.63) is 54.1 Å². The zero-order valence-corrected chi connectivity index (χ0v) is 15.1. The lowest BCUT2D eigenvalue weighted by atomic mass is 9.88. The molecule has 4 nitrogen and oxygen atoms in total. The van der Waals surface area contributed by atoms with E-state index in [1.165, 1.54) is 0 Å². The van der Waals surface area contributed by atoms with Crippen molar-refractivity contribution in [2.75, 3.05) is 5.75 Å². The topological polar surface area (TPSA) is 55.4 Å². The first-order chi connectivity index (χ1) is 11.3. The van der Waals surface area contributed by atoms with Gasteiger partial charge in [-0.15, -0.1) is 0 Å². The highest BCUT2D eigenvalue weighted by Gasteiger charge is 2.35. The number of rotatable bonds is 4. The van der Waals surface area contributed by atoms with Crippen LogP contribution in [0.4, 0.5) is 0 Å². The van der Waals surface area contributed by atoms with E-state index in [1.807, 2.05) is 62.4 Å². The van der Waals surface area contributed by atoms with E-state index in [9.17, 15) is 8.42 Å². The Hall–Kier alpha value is -1.85. The lowest BCUT2D eigenvalue weighted by molar-refractivity contribution is 0.0702. The summed E-state index contributed by atoms with van der Waals surface area (Å²) in [5, 5.41) is 0. The van der Waals surface area contributed by atoms with Gasteiger partial charge in [-0.1, -0.05) is 36.4 Å². The summed E-state index contributed by atoms with van der Waals surface area (Å²) in [4.78, 5) is 0. The third-order valence-electron chi connectivity index (χ3n) is 4.28. The fourth-order valence-electron chi connectivity index (χ4n) is 3.07. The molecule has 0 bridgehead atoms. The zero-order valence-electron chi connectivity index (χ0n) is 14.2. The maximum Gasteiger partial charge on any atom is 0.211 e. The van der Waals surface area contributed by atoms with Crippen LogP contribution in [0.25, 0.3) is 11.1 Å². The molecule has 1 N–H and O–H groups in total. The third-order valence-corrected chi connectivity index (χ3v) is 5.68. The summed E-state index contributed by atoms with van der Waals surface area (Å²) in [6, 6.07) is 15.7. The Balaban J connectivity index is 2.04. The molecule has 1 aliphatic heterocycles. The molecule has 0 radical (unpaired) electrons. The molecule has 0 aliphatic carbocycles. The zero-order chi connectivity index (χ0) is 17.4. The minimum atomic E-state index is -3.30. The molecular formula is C19H23NO3S. The number of ether oxygens (including phenoxy) is 1. The fraction of sp³-hybridized carbons (Fsp3) is 0.368. The predicted molar refractivity (Wildman–Crippen MR) is 96.5 cm³/mol. The third kappa shape index (κ3) is 3.62. The number of hydrogen-bond acceptors (Lipinski definition) is 3. The highest BCUT2D eigenvalue weighted by Crippen LogP contribution is 2.41. The summed E-state index contributed by atoms with van der Waals surface area (Å²) in [6.45, 7) is 5.61. The van der Waals surface area contributed by atoms with Crippen molar-refractivity contribution in [1.82, 2.24) is 4.72 Å². The van der Waals surface area contributed by atoms with Crippen LogP contribution < -0.4 is 9.46 Å². The predicted octanol–water partition coefficient (Wildman–Crippen LogP) is 3.90. The van der Waals surface area contributed by atoms with Crippen molar-refractivity contribution in [3.8, 4) is 16.9 Å². The van der Waals surface area contributed by atoms with Crippen LogP contribution >= 0.6 is 0 Å². The number of fused-ring (bicyclic) bond motifs is 1. The van der Waals surface area contributed by atoms with Gasteiger partial charge in [-0.05, 0) is 44.0 Å². The minimum absolute atomic E-state index is 0.0680. The molecule has 0 aromatic heterocycles. The average molecular weight is 345 g/mol. The summed E-state index contributed by atoms with van der Waals surface area (Å²) >= 11 is 0. The van der Waals surface area contributed by atoms with Crippen molar-refractivity contribution in [3.63, 3.8) is 0 Å². The smallest absolute Gasteiger partial charge is 0.211 e. The van der Waals surface area contributed by atoms with Crippen molar-refractivity contribution in [2.24, 2.45) is 0 Å². The van der Waals surface area contributed by atoms with Gasteiger partial charge in [-0.3, -0.25) is 0 Å². The molecule has 1 aliphatic rings. The van der Waals surface area contributed by atoms with E-state index < -0.39 is 15.6 Å². The normalized spacial score (nSPS) is 19.4. The second kappa shape index (κ2) is 6.22. The monoisotopic (exact) mass is 345 g/mol. The Bertz CT molecular complexity index is 829. The van der Waals surface area contributed by atoms with Gasteiger partial charge < -0.3 is 4.74 Å². The maximum atomic E-state index is 12.1. The largest absolute Gasteiger partial charge is 0.487 e. The number of sulfonamides is 1. The summed E-state index contributed by atoms with van der Waals surface area (Å²) in [6.07, 6.45) is 0.595. The second-order valence-electron chi connectivity index (χ2n) is 6.76. The van der Waals surface area contributed by atoms with Crippen LogP contribution in [-0.4, -0.2) is 19.8 Å². The van der Waals surface area contributed by atoms with Gasteiger partial charge in [0, 0.05) is 12.0 Å². The Kier molecular flexibility index (Phi) is 4.40. The van der Waals surface area contributed by atoms with E-state index in [4.69, 9.17) is 4.74 Å². The quantitative estimate of drug-likeness (QED) is 0.914. The van der Waals surface area contributed by atoms with Gasteiger partial charge in [-0.2, -0.15) is 0 Å². The SMILES string of the molecule is CCS(=O)(=O)NC1CC(C)(C)Oc2ccc(-c3ccccc3)cc21. The van der Waals surface area contributed by atoms with Crippen molar-refractivity contribution >= 4 is 10.0 Å². The van der Waals surface area contributed by atoms with Crippen LogP contribution in [0.2, 0.25) is 0 Å². The lowest BCUT2D eigenvalue weighted by Crippen LogP contribution is -2.41. The summed E-state index contributed by atoms with van der Waals surface area (Å²) in [7, 11) is -3.30. The molecule has 0 saturated heterocycles. The lowest BCUT2D eigenvalue weighted by Gasteiger charge is -2.38. The minimum Gasteiger partial charge on any atom is -0.487 e. The van der Waals surface area contributed by atoms with Gasteiger partial charge in [0.05, 0.1) is 11.8 Å². The van der Waals surface area contributed by atoms with Crippen LogP contribution in [0, 0.1) is 0 Å². The van der Waals surface area contributed by atoms with Gasteiger partial charge in [-0.25, -0.2) is 13.1 Å². The van der Waals surface area contributed by atoms with Crippen LogP contribution in [0.1, 0.15) is 38.8 Å². The van der Waals surface area contributed by atoms with Gasteiger partial charge in [0.2, 0.25) is 10.0 Å². The average Bonchev–Trinajstić information content (AvgIpc) is 2.54. The van der Waals surface area contributed by atoms with Crippen LogP contribution in [-0.2, 0) is 10.0 Å². The molecule has 5 heteroatoms. The first-order valence-corrected chi connectivity index (χ1v) is 9.83. The maximum absolute atomic E-state index is 12.1. The van der Waals surface area contributed by atoms with E-state index in [0.29, 0.717) is 6.42 Å². The first kappa shape index (κ1) is 17.0. The Morgan fingerprint density at radius 3 is 2.50 bits per heavy atom. The standard InChI is InChI=1S/C19H23NO3S/c1-4-24(21,22)20-17-13-19(2,3)23-18-11-10-15(12-16(17)18)14-8-6-5-7-9-14/h5-12,17,20H,4,13H2,1-3H3. The van der Waals surface area contributed by atoms with E-state index >= 15 is 0 Å². The summed E-state index contributed by atoms with van der Waals surface area (Å²) < 4.78 is 33.1. The van der Waals surface area contributed by atoms with E-state index in [0.717, 1.165) is 22.4 Å². The van der Waals surface area contributed by atoms with Crippen molar-refractivity contribution in [1.29, 1.82) is 0 Å². The second-order valence-corrected chi connectivity index (χ2v) is 8.80. The highest BCUT2D eigenvalue weighted by molar-refractivity contribution is 7.89. The molecule has 1 atom stereocenters. The Labute approximate surface area is 143 Å². The van der Waals surface area contributed by atoms with Gasteiger partial charge in [0.25, 0.3) is 0 Å². The number of benzene rings is 2. The molecule has 3 rings (SSSR count). The van der Waals surface area contributed by atoms with Crippen LogP contribution in [0.3, 0.4) is 0 Å².